The molecule has 3 nitrogen and oxygen atoms in total. The first-order chi connectivity index (χ1) is 9.37. The lowest BCUT2D eigenvalue weighted by atomic mass is 10.1. The molecule has 1 N–H and O–H groups in total. The van der Waals surface area contributed by atoms with Crippen LogP contribution >= 0.6 is 15.9 Å². The summed E-state index contributed by atoms with van der Waals surface area (Å²) in [5, 5.41) is 3.43. The minimum atomic E-state index is 0.121. The van der Waals surface area contributed by atoms with Gasteiger partial charge in [0.1, 0.15) is 0 Å². The van der Waals surface area contributed by atoms with Gasteiger partial charge >= 0.3 is 0 Å². The third-order valence-electron chi connectivity index (χ3n) is 3.08. The Kier molecular flexibility index (Phi) is 4.66. The van der Waals surface area contributed by atoms with Crippen LogP contribution in [0.3, 0.4) is 0 Å². The van der Waals surface area contributed by atoms with E-state index in [0.717, 1.165) is 34.7 Å². The summed E-state index contributed by atoms with van der Waals surface area (Å²) in [5.41, 5.74) is 2.38. The van der Waals surface area contributed by atoms with Gasteiger partial charge in [0.05, 0.1) is 6.20 Å². The summed E-state index contributed by atoms with van der Waals surface area (Å²) in [4.78, 5) is 4.36. The van der Waals surface area contributed by atoms with E-state index in [4.69, 9.17) is 4.42 Å². The predicted molar refractivity (Wildman–Crippen MR) is 85.8 cm³/mol. The number of halogens is 1. The number of rotatable bonds is 4. The normalized spacial score (nSPS) is 11.8. The SMILES string of the molecule is Cc1c(Br)cccc1-c1cnc(CCNC(C)(C)C)o1. The number of oxazole rings is 1. The van der Waals surface area contributed by atoms with Crippen molar-refractivity contribution in [2.75, 3.05) is 6.54 Å². The molecular formula is C16H21BrN2O. The van der Waals surface area contributed by atoms with Crippen LogP contribution in [0, 0.1) is 6.92 Å². The van der Waals surface area contributed by atoms with E-state index in [0.29, 0.717) is 0 Å². The average Bonchev–Trinajstić information content (AvgIpc) is 2.79. The molecule has 0 aliphatic rings. The van der Waals surface area contributed by atoms with Crippen LogP contribution in [-0.4, -0.2) is 17.1 Å². The maximum absolute atomic E-state index is 5.85. The third-order valence-corrected chi connectivity index (χ3v) is 3.94. The molecule has 1 aromatic carbocycles. The Balaban J connectivity index is 2.07. The highest BCUT2D eigenvalue weighted by Gasteiger charge is 2.12. The lowest BCUT2D eigenvalue weighted by Gasteiger charge is -2.19. The van der Waals surface area contributed by atoms with Gasteiger partial charge in [-0.1, -0.05) is 28.1 Å². The molecule has 2 aromatic rings. The molecule has 1 heterocycles. The number of aromatic nitrogens is 1. The van der Waals surface area contributed by atoms with E-state index in [9.17, 15) is 0 Å². The molecule has 0 radical (unpaired) electrons. The van der Waals surface area contributed by atoms with E-state index in [1.165, 1.54) is 5.56 Å². The lowest BCUT2D eigenvalue weighted by molar-refractivity contribution is 0.412. The van der Waals surface area contributed by atoms with Gasteiger partial charge in [-0.2, -0.15) is 0 Å². The highest BCUT2D eigenvalue weighted by Crippen LogP contribution is 2.29. The zero-order valence-corrected chi connectivity index (χ0v) is 14.0. The van der Waals surface area contributed by atoms with E-state index in [1.807, 2.05) is 12.1 Å². The van der Waals surface area contributed by atoms with Crippen molar-refractivity contribution in [2.45, 2.75) is 39.7 Å². The Labute approximate surface area is 128 Å². The predicted octanol–water partition coefficient (Wildman–Crippen LogP) is 4.34. The van der Waals surface area contributed by atoms with E-state index >= 15 is 0 Å². The Morgan fingerprint density at radius 3 is 2.75 bits per heavy atom. The van der Waals surface area contributed by atoms with Gasteiger partial charge in [-0.05, 0) is 39.3 Å². The van der Waals surface area contributed by atoms with Crippen molar-refractivity contribution in [1.29, 1.82) is 0 Å². The van der Waals surface area contributed by atoms with Gasteiger partial charge < -0.3 is 9.73 Å². The first-order valence-electron chi connectivity index (χ1n) is 6.82. The van der Waals surface area contributed by atoms with Crippen LogP contribution in [0.25, 0.3) is 11.3 Å². The molecule has 0 unspecified atom stereocenters. The van der Waals surface area contributed by atoms with E-state index < -0.39 is 0 Å². The number of hydrogen-bond acceptors (Lipinski definition) is 3. The van der Waals surface area contributed by atoms with Crippen molar-refractivity contribution in [3.05, 3.63) is 40.3 Å². The minimum Gasteiger partial charge on any atom is -0.441 e. The fraction of sp³-hybridized carbons (Fsp3) is 0.438. The number of nitrogens with one attached hydrogen (secondary N) is 1. The lowest BCUT2D eigenvalue weighted by Crippen LogP contribution is -2.37. The summed E-state index contributed by atoms with van der Waals surface area (Å²) >= 11 is 3.54. The fourth-order valence-corrected chi connectivity index (χ4v) is 2.34. The second-order valence-corrected chi connectivity index (χ2v) is 6.81. The van der Waals surface area contributed by atoms with Crippen LogP contribution in [0.4, 0.5) is 0 Å². The first kappa shape index (κ1) is 15.3. The molecule has 4 heteroatoms. The molecule has 2 rings (SSSR count). The van der Waals surface area contributed by atoms with E-state index in [2.05, 4.69) is 60.0 Å². The van der Waals surface area contributed by atoms with Gasteiger partial charge in [0.15, 0.2) is 11.7 Å². The fourth-order valence-electron chi connectivity index (χ4n) is 1.97. The van der Waals surface area contributed by atoms with Crippen molar-refractivity contribution >= 4 is 15.9 Å². The van der Waals surface area contributed by atoms with Crippen molar-refractivity contribution in [1.82, 2.24) is 10.3 Å². The van der Waals surface area contributed by atoms with Gasteiger partial charge in [0, 0.05) is 28.5 Å². The van der Waals surface area contributed by atoms with Crippen LogP contribution in [0.15, 0.2) is 33.3 Å². The third kappa shape index (κ3) is 3.93. The number of benzene rings is 1. The molecule has 0 saturated heterocycles. The maximum Gasteiger partial charge on any atom is 0.196 e. The van der Waals surface area contributed by atoms with Crippen LogP contribution in [0.2, 0.25) is 0 Å². The zero-order valence-electron chi connectivity index (χ0n) is 12.5. The van der Waals surface area contributed by atoms with E-state index in [-0.39, 0.29) is 5.54 Å². The molecule has 108 valence electrons. The van der Waals surface area contributed by atoms with E-state index in [1.54, 1.807) is 6.20 Å². The van der Waals surface area contributed by atoms with Gasteiger partial charge in [0.2, 0.25) is 0 Å². The Bertz CT molecular complexity index is 584. The number of nitrogens with zero attached hydrogens (tertiary/aromatic N) is 1. The Hall–Kier alpha value is -1.13. The molecule has 0 saturated carbocycles. The van der Waals surface area contributed by atoms with Gasteiger partial charge in [0.25, 0.3) is 0 Å². The molecule has 0 bridgehead atoms. The molecule has 0 aliphatic heterocycles. The Morgan fingerprint density at radius 1 is 1.30 bits per heavy atom. The van der Waals surface area contributed by atoms with Crippen LogP contribution in [0.1, 0.15) is 32.2 Å². The molecule has 0 atom stereocenters. The quantitative estimate of drug-likeness (QED) is 0.902. The molecule has 0 aliphatic carbocycles. The van der Waals surface area contributed by atoms with Crippen LogP contribution < -0.4 is 5.32 Å². The summed E-state index contributed by atoms with van der Waals surface area (Å²) < 4.78 is 6.93. The maximum atomic E-state index is 5.85. The highest BCUT2D eigenvalue weighted by atomic mass is 79.9. The zero-order chi connectivity index (χ0) is 14.8. The molecule has 0 spiro atoms. The molecule has 1 aromatic heterocycles. The highest BCUT2D eigenvalue weighted by molar-refractivity contribution is 9.10. The van der Waals surface area contributed by atoms with Gasteiger partial charge in [-0.25, -0.2) is 4.98 Å². The standard InChI is InChI=1S/C16H21BrN2O/c1-11-12(6-5-7-13(11)17)14-10-18-15(20-14)8-9-19-16(2,3)4/h5-7,10,19H,8-9H2,1-4H3. The van der Waals surface area contributed by atoms with Crippen LogP contribution in [-0.2, 0) is 6.42 Å². The summed E-state index contributed by atoms with van der Waals surface area (Å²) in [6.45, 7) is 9.39. The molecule has 20 heavy (non-hydrogen) atoms. The van der Waals surface area contributed by atoms with Crippen molar-refractivity contribution in [3.8, 4) is 11.3 Å². The minimum absolute atomic E-state index is 0.121. The second kappa shape index (κ2) is 6.10. The summed E-state index contributed by atoms with van der Waals surface area (Å²) in [5.74, 6) is 1.60. The largest absolute Gasteiger partial charge is 0.441 e. The smallest absolute Gasteiger partial charge is 0.196 e. The molecule has 0 fully saturated rings. The monoisotopic (exact) mass is 336 g/mol. The van der Waals surface area contributed by atoms with Crippen LogP contribution in [0.5, 0.6) is 0 Å². The summed E-state index contributed by atoms with van der Waals surface area (Å²) in [6.07, 6.45) is 2.60. The Morgan fingerprint density at radius 2 is 2.05 bits per heavy atom. The first-order valence-corrected chi connectivity index (χ1v) is 7.61. The summed E-state index contributed by atoms with van der Waals surface area (Å²) in [6, 6.07) is 6.09. The summed E-state index contributed by atoms with van der Waals surface area (Å²) in [7, 11) is 0. The van der Waals surface area contributed by atoms with Crippen molar-refractivity contribution < 1.29 is 4.42 Å². The molecule has 0 amide bonds. The van der Waals surface area contributed by atoms with Crippen molar-refractivity contribution in [2.24, 2.45) is 0 Å². The average molecular weight is 337 g/mol. The van der Waals surface area contributed by atoms with Crippen molar-refractivity contribution in [3.63, 3.8) is 0 Å². The second-order valence-electron chi connectivity index (χ2n) is 5.96. The topological polar surface area (TPSA) is 38.1 Å². The van der Waals surface area contributed by atoms with Gasteiger partial charge in [-0.3, -0.25) is 0 Å². The molecular weight excluding hydrogens is 316 g/mol. The number of hydrogen-bond donors (Lipinski definition) is 1. The van der Waals surface area contributed by atoms with Gasteiger partial charge in [-0.15, -0.1) is 0 Å².